The molecule has 0 aliphatic rings. The molecule has 1 aromatic rings. The number of amides is 1. The van der Waals surface area contributed by atoms with Crippen LogP contribution in [0.4, 0.5) is 10.5 Å². The molecule has 1 amide bonds. The standard InChI is InChI=1S/C12H17NO4/c1-3-16-8-9-7-10(13-12(14)15)5-6-11(9)17-4-2/h5-7,13H,3-4,8H2,1-2H3,(H,14,15). The van der Waals surface area contributed by atoms with Gasteiger partial charge in [-0.1, -0.05) is 0 Å². The first-order valence-electron chi connectivity index (χ1n) is 5.50. The van der Waals surface area contributed by atoms with E-state index in [1.54, 1.807) is 18.2 Å². The van der Waals surface area contributed by atoms with Crippen molar-refractivity contribution in [3.05, 3.63) is 23.8 Å². The summed E-state index contributed by atoms with van der Waals surface area (Å²) in [5.74, 6) is 0.719. The van der Waals surface area contributed by atoms with Crippen LogP contribution in [0.5, 0.6) is 5.75 Å². The van der Waals surface area contributed by atoms with Crippen LogP contribution >= 0.6 is 0 Å². The van der Waals surface area contributed by atoms with Crippen LogP contribution in [0.3, 0.4) is 0 Å². The van der Waals surface area contributed by atoms with Crippen LogP contribution in [-0.2, 0) is 11.3 Å². The largest absolute Gasteiger partial charge is 0.494 e. The molecule has 0 aliphatic heterocycles. The zero-order valence-electron chi connectivity index (χ0n) is 10.0. The Balaban J connectivity index is 2.88. The Kier molecular flexibility index (Phi) is 5.29. The quantitative estimate of drug-likeness (QED) is 0.800. The van der Waals surface area contributed by atoms with Gasteiger partial charge in [0, 0.05) is 17.9 Å². The van der Waals surface area contributed by atoms with E-state index in [2.05, 4.69) is 5.32 Å². The summed E-state index contributed by atoms with van der Waals surface area (Å²) in [6.45, 7) is 5.36. The summed E-state index contributed by atoms with van der Waals surface area (Å²) in [4.78, 5) is 10.5. The van der Waals surface area contributed by atoms with Crippen molar-refractivity contribution in [2.24, 2.45) is 0 Å². The number of hydrogen-bond donors (Lipinski definition) is 2. The monoisotopic (exact) mass is 239 g/mol. The molecule has 1 aromatic carbocycles. The number of nitrogens with one attached hydrogen (secondary N) is 1. The van der Waals surface area contributed by atoms with E-state index < -0.39 is 6.09 Å². The lowest BCUT2D eigenvalue weighted by Gasteiger charge is -2.12. The second-order valence-corrected chi connectivity index (χ2v) is 3.32. The van der Waals surface area contributed by atoms with Crippen molar-refractivity contribution >= 4 is 11.8 Å². The van der Waals surface area contributed by atoms with Crippen LogP contribution in [0, 0.1) is 0 Å². The Hall–Kier alpha value is -1.75. The van der Waals surface area contributed by atoms with Gasteiger partial charge in [0.1, 0.15) is 5.75 Å². The number of anilines is 1. The molecule has 0 saturated heterocycles. The van der Waals surface area contributed by atoms with Crippen molar-refractivity contribution in [3.63, 3.8) is 0 Å². The van der Waals surface area contributed by atoms with Gasteiger partial charge in [0.25, 0.3) is 0 Å². The van der Waals surface area contributed by atoms with E-state index >= 15 is 0 Å². The van der Waals surface area contributed by atoms with Crippen LogP contribution in [-0.4, -0.2) is 24.4 Å². The van der Waals surface area contributed by atoms with Crippen molar-refractivity contribution in [1.29, 1.82) is 0 Å². The maximum absolute atomic E-state index is 10.5. The summed E-state index contributed by atoms with van der Waals surface area (Å²) in [6, 6.07) is 5.12. The molecule has 0 saturated carbocycles. The minimum absolute atomic E-state index is 0.404. The van der Waals surface area contributed by atoms with Crippen molar-refractivity contribution < 1.29 is 19.4 Å². The summed E-state index contributed by atoms with van der Waals surface area (Å²) < 4.78 is 10.8. The maximum Gasteiger partial charge on any atom is 0.409 e. The fourth-order valence-corrected chi connectivity index (χ4v) is 1.40. The van der Waals surface area contributed by atoms with Gasteiger partial charge in [-0.2, -0.15) is 0 Å². The molecule has 17 heavy (non-hydrogen) atoms. The zero-order chi connectivity index (χ0) is 12.7. The minimum atomic E-state index is -1.09. The first kappa shape index (κ1) is 13.3. The Morgan fingerprint density at radius 2 is 2.12 bits per heavy atom. The molecule has 0 radical (unpaired) electrons. The van der Waals surface area contributed by atoms with E-state index in [1.165, 1.54) is 0 Å². The Labute approximate surface area is 100 Å². The van der Waals surface area contributed by atoms with Gasteiger partial charge >= 0.3 is 6.09 Å². The molecule has 0 heterocycles. The highest BCUT2D eigenvalue weighted by Gasteiger charge is 2.06. The van der Waals surface area contributed by atoms with Crippen LogP contribution in [0.25, 0.3) is 0 Å². The summed E-state index contributed by atoms with van der Waals surface area (Å²) >= 11 is 0. The normalized spacial score (nSPS) is 10.0. The number of carboxylic acid groups (broad SMARTS) is 1. The number of rotatable bonds is 6. The van der Waals surface area contributed by atoms with Crippen molar-refractivity contribution in [2.45, 2.75) is 20.5 Å². The molecule has 0 bridgehead atoms. The number of benzene rings is 1. The first-order chi connectivity index (χ1) is 8.17. The average Bonchev–Trinajstić information content (AvgIpc) is 2.28. The molecule has 5 nitrogen and oxygen atoms in total. The molecule has 2 N–H and O–H groups in total. The lowest BCUT2D eigenvalue weighted by Crippen LogP contribution is -2.08. The Morgan fingerprint density at radius 3 is 2.71 bits per heavy atom. The van der Waals surface area contributed by atoms with Gasteiger partial charge < -0.3 is 14.6 Å². The van der Waals surface area contributed by atoms with Gasteiger partial charge in [0.15, 0.2) is 0 Å². The molecular weight excluding hydrogens is 222 g/mol. The maximum atomic E-state index is 10.5. The van der Waals surface area contributed by atoms with Crippen LogP contribution in [0.1, 0.15) is 19.4 Å². The van der Waals surface area contributed by atoms with Gasteiger partial charge in [-0.25, -0.2) is 4.79 Å². The topological polar surface area (TPSA) is 67.8 Å². The number of hydrogen-bond acceptors (Lipinski definition) is 3. The highest BCUT2D eigenvalue weighted by atomic mass is 16.5. The van der Waals surface area contributed by atoms with E-state index in [0.717, 1.165) is 11.3 Å². The second-order valence-electron chi connectivity index (χ2n) is 3.32. The lowest BCUT2D eigenvalue weighted by atomic mass is 10.2. The molecule has 0 aliphatic carbocycles. The van der Waals surface area contributed by atoms with E-state index in [1.807, 2.05) is 13.8 Å². The molecule has 0 atom stereocenters. The van der Waals surface area contributed by atoms with Gasteiger partial charge in [0.2, 0.25) is 0 Å². The van der Waals surface area contributed by atoms with Crippen LogP contribution < -0.4 is 10.1 Å². The fourth-order valence-electron chi connectivity index (χ4n) is 1.40. The van der Waals surface area contributed by atoms with E-state index in [-0.39, 0.29) is 0 Å². The summed E-state index contributed by atoms with van der Waals surface area (Å²) in [5.41, 5.74) is 1.34. The zero-order valence-corrected chi connectivity index (χ0v) is 10.0. The second kappa shape index (κ2) is 6.75. The number of ether oxygens (including phenoxy) is 2. The first-order valence-corrected chi connectivity index (χ1v) is 5.50. The molecule has 0 fully saturated rings. The van der Waals surface area contributed by atoms with Crippen molar-refractivity contribution in [3.8, 4) is 5.75 Å². The summed E-state index contributed by atoms with van der Waals surface area (Å²) in [6.07, 6.45) is -1.09. The van der Waals surface area contributed by atoms with E-state index in [0.29, 0.717) is 25.5 Å². The SMILES string of the molecule is CCOCc1cc(NC(=O)O)ccc1OCC. The molecule has 1 rings (SSSR count). The van der Waals surface area contributed by atoms with Gasteiger partial charge in [0.05, 0.1) is 13.2 Å². The Bertz CT molecular complexity index is 379. The molecule has 0 spiro atoms. The highest BCUT2D eigenvalue weighted by molar-refractivity contribution is 5.83. The van der Waals surface area contributed by atoms with Crippen molar-refractivity contribution in [1.82, 2.24) is 0 Å². The van der Waals surface area contributed by atoms with Gasteiger partial charge in [-0.3, -0.25) is 5.32 Å². The van der Waals surface area contributed by atoms with E-state index in [4.69, 9.17) is 14.6 Å². The van der Waals surface area contributed by atoms with Crippen LogP contribution in [0.15, 0.2) is 18.2 Å². The molecule has 0 unspecified atom stereocenters. The molecular formula is C12H17NO4. The third-order valence-electron chi connectivity index (χ3n) is 2.07. The minimum Gasteiger partial charge on any atom is -0.494 e. The molecule has 0 aromatic heterocycles. The van der Waals surface area contributed by atoms with Gasteiger partial charge in [-0.15, -0.1) is 0 Å². The predicted molar refractivity (Wildman–Crippen MR) is 64.6 cm³/mol. The highest BCUT2D eigenvalue weighted by Crippen LogP contribution is 2.23. The van der Waals surface area contributed by atoms with E-state index in [9.17, 15) is 4.79 Å². The van der Waals surface area contributed by atoms with Gasteiger partial charge in [-0.05, 0) is 32.0 Å². The third-order valence-corrected chi connectivity index (χ3v) is 2.07. The number of carbonyl (C=O) groups is 1. The lowest BCUT2D eigenvalue weighted by molar-refractivity contribution is 0.131. The smallest absolute Gasteiger partial charge is 0.409 e. The fraction of sp³-hybridized carbons (Fsp3) is 0.417. The summed E-state index contributed by atoms with van der Waals surface area (Å²) in [5, 5.41) is 10.9. The van der Waals surface area contributed by atoms with Crippen molar-refractivity contribution in [2.75, 3.05) is 18.5 Å². The molecule has 5 heteroatoms. The molecule has 94 valence electrons. The average molecular weight is 239 g/mol. The van der Waals surface area contributed by atoms with Crippen LogP contribution in [0.2, 0.25) is 0 Å². The summed E-state index contributed by atoms with van der Waals surface area (Å²) in [7, 11) is 0. The Morgan fingerprint density at radius 1 is 1.35 bits per heavy atom. The third kappa shape index (κ3) is 4.32. The predicted octanol–water partition coefficient (Wildman–Crippen LogP) is 2.71.